The minimum absolute atomic E-state index is 0.00823. The fraction of sp³-hybridized carbons (Fsp3) is 0.333. The molecule has 0 fully saturated rings. The maximum absolute atomic E-state index is 13.8. The Balaban J connectivity index is 3.14. The molecule has 98 valence electrons. The Labute approximate surface area is 103 Å². The van der Waals surface area contributed by atoms with Crippen molar-refractivity contribution in [1.82, 2.24) is 0 Å². The van der Waals surface area contributed by atoms with Crippen LogP contribution in [-0.4, -0.2) is 25.0 Å². The number of halogens is 2. The number of ketones is 1. The number of carbonyl (C=O) groups excluding carboxylic acids is 2. The summed E-state index contributed by atoms with van der Waals surface area (Å²) in [4.78, 5) is 22.7. The molecular weight excluding hydrogens is 246 g/mol. The number of hydrogen-bond donors (Lipinski definition) is 0. The normalized spacial score (nSPS) is 10.0. The molecule has 0 spiro atoms. The van der Waals surface area contributed by atoms with Crippen molar-refractivity contribution in [3.8, 4) is 5.75 Å². The van der Waals surface area contributed by atoms with Gasteiger partial charge in [0.2, 0.25) is 0 Å². The molecule has 0 radical (unpaired) electrons. The summed E-state index contributed by atoms with van der Waals surface area (Å²) in [6.07, 6.45) is 0. The van der Waals surface area contributed by atoms with Crippen LogP contribution in [0.4, 0.5) is 8.78 Å². The highest BCUT2D eigenvalue weighted by atomic mass is 19.1. The highest BCUT2D eigenvalue weighted by molar-refractivity contribution is 6.40. The van der Waals surface area contributed by atoms with Gasteiger partial charge in [-0.25, -0.2) is 13.6 Å². The van der Waals surface area contributed by atoms with Crippen molar-refractivity contribution in [3.63, 3.8) is 0 Å². The summed E-state index contributed by atoms with van der Waals surface area (Å²) >= 11 is 0. The Hall–Kier alpha value is -1.98. The topological polar surface area (TPSA) is 52.6 Å². The lowest BCUT2D eigenvalue weighted by molar-refractivity contribution is -0.137. The van der Waals surface area contributed by atoms with Crippen LogP contribution in [0.3, 0.4) is 0 Å². The van der Waals surface area contributed by atoms with Gasteiger partial charge in [-0.3, -0.25) is 4.79 Å². The zero-order chi connectivity index (χ0) is 13.7. The Morgan fingerprint density at radius 1 is 1.17 bits per heavy atom. The number of hydrogen-bond acceptors (Lipinski definition) is 4. The van der Waals surface area contributed by atoms with Crippen molar-refractivity contribution in [2.24, 2.45) is 0 Å². The van der Waals surface area contributed by atoms with Crippen molar-refractivity contribution in [1.29, 1.82) is 0 Å². The lowest BCUT2D eigenvalue weighted by atomic mass is 10.1. The molecule has 0 unspecified atom stereocenters. The van der Waals surface area contributed by atoms with Crippen LogP contribution in [0.25, 0.3) is 0 Å². The first-order chi connectivity index (χ1) is 8.52. The number of carbonyl (C=O) groups is 2. The Bertz CT molecular complexity index is 471. The molecule has 1 rings (SSSR count). The van der Waals surface area contributed by atoms with Gasteiger partial charge in [0.05, 0.1) is 18.8 Å². The molecule has 0 bridgehead atoms. The van der Waals surface area contributed by atoms with Crippen molar-refractivity contribution in [2.75, 3.05) is 13.2 Å². The molecule has 0 aromatic heterocycles. The first-order valence-corrected chi connectivity index (χ1v) is 5.35. The molecule has 0 heterocycles. The number of esters is 1. The fourth-order valence-electron chi connectivity index (χ4n) is 1.29. The smallest absolute Gasteiger partial charge is 0.379 e. The Morgan fingerprint density at radius 3 is 2.39 bits per heavy atom. The molecular formula is C12H12F2O4. The molecule has 4 nitrogen and oxygen atoms in total. The van der Waals surface area contributed by atoms with E-state index in [0.717, 1.165) is 12.1 Å². The van der Waals surface area contributed by atoms with Gasteiger partial charge < -0.3 is 9.47 Å². The summed E-state index contributed by atoms with van der Waals surface area (Å²) < 4.78 is 36.2. The molecule has 0 aliphatic carbocycles. The number of benzene rings is 1. The van der Waals surface area contributed by atoms with Crippen molar-refractivity contribution in [2.45, 2.75) is 13.8 Å². The van der Waals surface area contributed by atoms with E-state index >= 15 is 0 Å². The van der Waals surface area contributed by atoms with Crippen molar-refractivity contribution >= 4 is 11.8 Å². The molecule has 0 saturated heterocycles. The molecule has 0 aliphatic heterocycles. The maximum atomic E-state index is 13.8. The van der Waals surface area contributed by atoms with E-state index in [1.165, 1.54) is 6.92 Å². The number of ether oxygens (including phenoxy) is 2. The predicted molar refractivity (Wildman–Crippen MR) is 58.5 cm³/mol. The van der Waals surface area contributed by atoms with Gasteiger partial charge in [0.15, 0.2) is 17.4 Å². The highest BCUT2D eigenvalue weighted by Gasteiger charge is 2.25. The second-order valence-electron chi connectivity index (χ2n) is 3.22. The summed E-state index contributed by atoms with van der Waals surface area (Å²) in [6, 6.07) is 1.74. The van der Waals surface area contributed by atoms with Crippen molar-refractivity contribution in [3.05, 3.63) is 29.3 Å². The van der Waals surface area contributed by atoms with Gasteiger partial charge in [-0.2, -0.15) is 0 Å². The van der Waals surface area contributed by atoms with Gasteiger partial charge >= 0.3 is 5.97 Å². The fourth-order valence-corrected chi connectivity index (χ4v) is 1.29. The van der Waals surface area contributed by atoms with Gasteiger partial charge in [0, 0.05) is 0 Å². The highest BCUT2D eigenvalue weighted by Crippen LogP contribution is 2.25. The monoisotopic (exact) mass is 258 g/mol. The summed E-state index contributed by atoms with van der Waals surface area (Å²) in [7, 11) is 0. The Kier molecular flexibility index (Phi) is 4.76. The van der Waals surface area contributed by atoms with Gasteiger partial charge in [-0.05, 0) is 26.0 Å². The van der Waals surface area contributed by atoms with Gasteiger partial charge in [-0.15, -0.1) is 0 Å². The molecule has 6 heteroatoms. The average molecular weight is 258 g/mol. The first-order valence-electron chi connectivity index (χ1n) is 5.35. The molecule has 1 aromatic rings. The zero-order valence-corrected chi connectivity index (χ0v) is 9.96. The van der Waals surface area contributed by atoms with E-state index in [0.29, 0.717) is 0 Å². The molecule has 1 aromatic carbocycles. The summed E-state index contributed by atoms with van der Waals surface area (Å²) in [5.41, 5.74) is -0.571. The maximum Gasteiger partial charge on any atom is 0.379 e. The van der Waals surface area contributed by atoms with Crippen LogP contribution in [0.1, 0.15) is 24.2 Å². The minimum Gasteiger partial charge on any atom is -0.488 e. The van der Waals surface area contributed by atoms with E-state index in [1.807, 2.05) is 0 Å². The second-order valence-corrected chi connectivity index (χ2v) is 3.22. The van der Waals surface area contributed by atoms with Crippen LogP contribution in [0, 0.1) is 11.6 Å². The standard InChI is InChI=1S/C12H12F2O4/c1-3-17-11-8(13)6-5-7(9(11)14)10(15)12(16)18-4-2/h5-6H,3-4H2,1-2H3. The quantitative estimate of drug-likeness (QED) is 0.461. The van der Waals surface area contributed by atoms with E-state index in [9.17, 15) is 18.4 Å². The SMILES string of the molecule is CCOC(=O)C(=O)c1ccc(F)c(OCC)c1F. The van der Waals surface area contributed by atoms with Crippen molar-refractivity contribution < 1.29 is 27.8 Å². The van der Waals surface area contributed by atoms with Crippen LogP contribution >= 0.6 is 0 Å². The average Bonchev–Trinajstić information content (AvgIpc) is 2.34. The number of Topliss-reactive ketones (excluding diaryl/α,β-unsaturated/α-hetero) is 1. The summed E-state index contributed by atoms with van der Waals surface area (Å²) in [5, 5.41) is 0. The molecule has 0 atom stereocenters. The molecule has 0 aliphatic rings. The minimum atomic E-state index is -1.20. The van der Waals surface area contributed by atoms with E-state index < -0.39 is 34.7 Å². The van der Waals surface area contributed by atoms with E-state index in [-0.39, 0.29) is 13.2 Å². The third-order valence-electron chi connectivity index (χ3n) is 2.04. The first kappa shape index (κ1) is 14.1. The van der Waals surface area contributed by atoms with Gasteiger partial charge in [0.1, 0.15) is 0 Å². The van der Waals surface area contributed by atoms with Crippen LogP contribution in [0.5, 0.6) is 5.75 Å². The van der Waals surface area contributed by atoms with E-state index in [4.69, 9.17) is 4.74 Å². The van der Waals surface area contributed by atoms with Gasteiger partial charge in [-0.1, -0.05) is 0 Å². The van der Waals surface area contributed by atoms with Crippen LogP contribution in [-0.2, 0) is 9.53 Å². The second kappa shape index (κ2) is 6.09. The molecule has 0 amide bonds. The van der Waals surface area contributed by atoms with Crippen LogP contribution in [0.2, 0.25) is 0 Å². The van der Waals surface area contributed by atoms with Gasteiger partial charge in [0.25, 0.3) is 5.78 Å². The summed E-state index contributed by atoms with van der Waals surface area (Å²) in [6.45, 7) is 3.08. The zero-order valence-electron chi connectivity index (χ0n) is 9.96. The van der Waals surface area contributed by atoms with E-state index in [1.54, 1.807) is 6.92 Å². The lowest BCUT2D eigenvalue weighted by Gasteiger charge is -2.08. The predicted octanol–water partition coefficient (Wildman–Crippen LogP) is 2.11. The van der Waals surface area contributed by atoms with E-state index in [2.05, 4.69) is 4.74 Å². The lowest BCUT2D eigenvalue weighted by Crippen LogP contribution is -2.19. The third kappa shape index (κ3) is 2.82. The third-order valence-corrected chi connectivity index (χ3v) is 2.04. The molecule has 18 heavy (non-hydrogen) atoms. The largest absolute Gasteiger partial charge is 0.488 e. The van der Waals surface area contributed by atoms with Crippen LogP contribution in [0.15, 0.2) is 12.1 Å². The Morgan fingerprint density at radius 2 is 1.83 bits per heavy atom. The van der Waals surface area contributed by atoms with Crippen LogP contribution < -0.4 is 4.74 Å². The molecule has 0 N–H and O–H groups in total. The summed E-state index contributed by atoms with van der Waals surface area (Å²) in [5.74, 6) is -5.17. The molecule has 0 saturated carbocycles. The number of rotatable bonds is 5.